The lowest BCUT2D eigenvalue weighted by Crippen LogP contribution is -2.56. The molecular weight excluding hydrogens is 296 g/mol. The monoisotopic (exact) mass is 328 g/mol. The topological polar surface area (TPSA) is 37.3 Å². The lowest BCUT2D eigenvalue weighted by Gasteiger charge is -2.61. The molecule has 2 heteroatoms. The third kappa shape index (κ3) is 1.84. The highest BCUT2D eigenvalue weighted by Gasteiger charge is 2.63. The maximum atomic E-state index is 13.0. The Balaban J connectivity index is 1.49. The second kappa shape index (κ2) is 5.19. The van der Waals surface area contributed by atoms with Gasteiger partial charge in [0, 0.05) is 5.41 Å². The van der Waals surface area contributed by atoms with E-state index in [0.717, 1.165) is 43.4 Å². The highest BCUT2D eigenvalue weighted by molar-refractivity contribution is 5.96. The zero-order chi connectivity index (χ0) is 16.5. The minimum Gasteiger partial charge on any atom is -0.393 e. The first-order valence-corrected chi connectivity index (χ1v) is 10.4. The van der Waals surface area contributed by atoms with Crippen LogP contribution in [0.5, 0.6) is 0 Å². The van der Waals surface area contributed by atoms with Crippen LogP contribution >= 0.6 is 0 Å². The summed E-state index contributed by atoms with van der Waals surface area (Å²) >= 11 is 0. The molecule has 0 radical (unpaired) electrons. The zero-order valence-corrected chi connectivity index (χ0v) is 15.0. The van der Waals surface area contributed by atoms with E-state index >= 15 is 0 Å². The second-order valence-electron chi connectivity index (χ2n) is 9.94. The summed E-state index contributed by atoms with van der Waals surface area (Å²) in [5.74, 6) is 4.07. The van der Waals surface area contributed by atoms with Crippen molar-refractivity contribution in [2.75, 3.05) is 0 Å². The number of rotatable bonds is 0. The Bertz CT molecular complexity index is 581. The van der Waals surface area contributed by atoms with Gasteiger partial charge in [-0.3, -0.25) is 4.79 Å². The summed E-state index contributed by atoms with van der Waals surface area (Å²) in [6.07, 6.45) is 16.0. The fourth-order valence-corrected chi connectivity index (χ4v) is 8.35. The number of carbonyl (C=O) groups excluding carboxylic acids is 1. The molecule has 3 unspecified atom stereocenters. The van der Waals surface area contributed by atoms with Crippen LogP contribution in [0, 0.1) is 40.4 Å². The molecular formula is C22H32O2. The molecule has 4 saturated carbocycles. The van der Waals surface area contributed by atoms with Crippen molar-refractivity contribution < 1.29 is 9.90 Å². The van der Waals surface area contributed by atoms with Gasteiger partial charge in [-0.15, -0.1) is 0 Å². The summed E-state index contributed by atoms with van der Waals surface area (Å²) < 4.78 is 0. The van der Waals surface area contributed by atoms with E-state index in [1.165, 1.54) is 38.5 Å². The van der Waals surface area contributed by atoms with Gasteiger partial charge in [-0.1, -0.05) is 13.0 Å². The number of aliphatic hydroxyl groups is 1. The fourth-order valence-electron chi connectivity index (χ4n) is 8.35. The summed E-state index contributed by atoms with van der Waals surface area (Å²) in [5.41, 5.74) is 0.447. The van der Waals surface area contributed by atoms with Crippen LogP contribution in [0.2, 0.25) is 0 Å². The van der Waals surface area contributed by atoms with Crippen LogP contribution < -0.4 is 0 Å². The van der Waals surface area contributed by atoms with E-state index < -0.39 is 0 Å². The Kier molecular flexibility index (Phi) is 3.38. The van der Waals surface area contributed by atoms with Gasteiger partial charge in [0.1, 0.15) is 0 Å². The molecule has 0 aromatic heterocycles. The minimum absolute atomic E-state index is 0.0211. The van der Waals surface area contributed by atoms with Gasteiger partial charge < -0.3 is 5.11 Å². The van der Waals surface area contributed by atoms with Crippen molar-refractivity contribution in [2.45, 2.75) is 77.2 Å². The van der Waals surface area contributed by atoms with Crippen molar-refractivity contribution in [2.24, 2.45) is 40.4 Å². The number of carbonyl (C=O) groups is 1. The summed E-state index contributed by atoms with van der Waals surface area (Å²) in [4.78, 5) is 13.0. The van der Waals surface area contributed by atoms with E-state index in [-0.39, 0.29) is 11.5 Å². The van der Waals surface area contributed by atoms with Gasteiger partial charge in [-0.2, -0.15) is 0 Å². The van der Waals surface area contributed by atoms with Gasteiger partial charge in [-0.25, -0.2) is 0 Å². The molecule has 0 aliphatic heterocycles. The lowest BCUT2D eigenvalue weighted by atomic mass is 9.43. The van der Waals surface area contributed by atoms with Crippen molar-refractivity contribution in [3.05, 3.63) is 12.2 Å². The average molecular weight is 328 g/mol. The normalized spacial score (nSPS) is 56.2. The van der Waals surface area contributed by atoms with Crippen molar-refractivity contribution in [1.82, 2.24) is 0 Å². The highest BCUT2D eigenvalue weighted by Crippen LogP contribution is 2.68. The summed E-state index contributed by atoms with van der Waals surface area (Å²) in [6, 6.07) is 0. The van der Waals surface area contributed by atoms with Crippen LogP contribution in [0.4, 0.5) is 0 Å². The van der Waals surface area contributed by atoms with Gasteiger partial charge in [-0.05, 0) is 105 Å². The number of hydrogen-bond acceptors (Lipinski definition) is 2. The number of ketones is 1. The molecule has 4 fully saturated rings. The first-order valence-electron chi connectivity index (χ1n) is 10.4. The number of hydrogen-bond donors (Lipinski definition) is 1. The predicted octanol–water partition coefficient (Wildman–Crippen LogP) is 4.52. The fraction of sp³-hybridized carbons (Fsp3) is 0.864. The van der Waals surface area contributed by atoms with Crippen molar-refractivity contribution in [3.63, 3.8) is 0 Å². The third-order valence-corrected chi connectivity index (χ3v) is 9.47. The Labute approximate surface area is 146 Å². The third-order valence-electron chi connectivity index (χ3n) is 9.47. The first kappa shape index (κ1) is 15.6. The van der Waals surface area contributed by atoms with Crippen LogP contribution in [0.25, 0.3) is 0 Å². The Morgan fingerprint density at radius 2 is 1.83 bits per heavy atom. The SMILES string of the molecule is C[C@]12CC[C@@H](O)C[C@H]1CCC1C2CC[C@]23C(=O)C=CC[C@H]2CCC13. The second-order valence-corrected chi connectivity index (χ2v) is 9.94. The van der Waals surface area contributed by atoms with E-state index in [4.69, 9.17) is 0 Å². The van der Waals surface area contributed by atoms with E-state index in [1.807, 2.05) is 6.08 Å². The molecule has 1 N–H and O–H groups in total. The van der Waals surface area contributed by atoms with Gasteiger partial charge >= 0.3 is 0 Å². The van der Waals surface area contributed by atoms with Crippen LogP contribution in [-0.2, 0) is 4.79 Å². The maximum absolute atomic E-state index is 13.0. The van der Waals surface area contributed by atoms with Crippen LogP contribution in [-0.4, -0.2) is 17.0 Å². The summed E-state index contributed by atoms with van der Waals surface area (Å²) in [5, 5.41) is 10.1. The van der Waals surface area contributed by atoms with Gasteiger partial charge in [0.05, 0.1) is 6.10 Å². The number of allylic oxidation sites excluding steroid dienone is 2. The average Bonchev–Trinajstić information content (AvgIpc) is 2.97. The number of aliphatic hydroxyl groups excluding tert-OH is 1. The Morgan fingerprint density at radius 1 is 1.00 bits per heavy atom. The quantitative estimate of drug-likeness (QED) is 0.710. The Hall–Kier alpha value is -0.630. The van der Waals surface area contributed by atoms with Crippen molar-refractivity contribution >= 4 is 5.78 Å². The standard InChI is InChI=1S/C22H32O2/c1-21-11-9-16(23)13-15(21)5-7-17-18(21)10-12-22-14(6-8-19(17)22)3-2-4-20(22)24/h2,4,14-19,23H,3,5-13H2,1H3/t14-,15+,16+,17?,18?,19?,21-,22-/m0/s1. The molecule has 0 aromatic rings. The minimum atomic E-state index is -0.0597. The molecule has 0 amide bonds. The molecule has 0 saturated heterocycles. The van der Waals surface area contributed by atoms with Gasteiger partial charge in [0.2, 0.25) is 0 Å². The van der Waals surface area contributed by atoms with E-state index in [0.29, 0.717) is 23.0 Å². The number of fused-ring (bicyclic) bond motifs is 4. The molecule has 0 bridgehead atoms. The smallest absolute Gasteiger partial charge is 0.162 e. The van der Waals surface area contributed by atoms with E-state index in [1.54, 1.807) is 0 Å². The molecule has 132 valence electrons. The van der Waals surface area contributed by atoms with Crippen LogP contribution in [0.1, 0.15) is 71.1 Å². The van der Waals surface area contributed by atoms with Crippen LogP contribution in [0.3, 0.4) is 0 Å². The summed E-state index contributed by atoms with van der Waals surface area (Å²) in [7, 11) is 0. The lowest BCUT2D eigenvalue weighted by molar-refractivity contribution is -0.152. The van der Waals surface area contributed by atoms with Crippen molar-refractivity contribution in [1.29, 1.82) is 0 Å². The van der Waals surface area contributed by atoms with Gasteiger partial charge in [0.15, 0.2) is 5.78 Å². The molecule has 24 heavy (non-hydrogen) atoms. The van der Waals surface area contributed by atoms with Crippen LogP contribution in [0.15, 0.2) is 12.2 Å². The van der Waals surface area contributed by atoms with Gasteiger partial charge in [0.25, 0.3) is 0 Å². The molecule has 5 rings (SSSR count). The predicted molar refractivity (Wildman–Crippen MR) is 94.3 cm³/mol. The highest BCUT2D eigenvalue weighted by atomic mass is 16.3. The Morgan fingerprint density at radius 3 is 2.71 bits per heavy atom. The zero-order valence-electron chi connectivity index (χ0n) is 15.0. The molecule has 0 aromatic carbocycles. The van der Waals surface area contributed by atoms with Crippen molar-refractivity contribution in [3.8, 4) is 0 Å². The largest absolute Gasteiger partial charge is 0.393 e. The maximum Gasteiger partial charge on any atom is 0.162 e. The first-order chi connectivity index (χ1) is 11.6. The summed E-state index contributed by atoms with van der Waals surface area (Å²) in [6.45, 7) is 2.54. The molecule has 2 nitrogen and oxygen atoms in total. The molecule has 5 aliphatic rings. The molecule has 0 heterocycles. The van der Waals surface area contributed by atoms with E-state index in [2.05, 4.69) is 13.0 Å². The molecule has 5 aliphatic carbocycles. The molecule has 8 atom stereocenters. The molecule has 1 spiro atoms. The van der Waals surface area contributed by atoms with E-state index in [9.17, 15) is 9.90 Å².